The monoisotopic (exact) mass is 264 g/mol. The summed E-state index contributed by atoms with van der Waals surface area (Å²) < 4.78 is 0. The van der Waals surface area contributed by atoms with E-state index in [1.165, 1.54) is 57.8 Å². The summed E-state index contributed by atoms with van der Waals surface area (Å²) in [5.74, 6) is 5.47. The molecule has 0 aliphatic carbocycles. The fourth-order valence-electron chi connectivity index (χ4n) is 3.17. The maximum absolute atomic E-state index is 5.39. The molecule has 2 unspecified atom stereocenters. The van der Waals surface area contributed by atoms with Gasteiger partial charge in [0, 0.05) is 6.42 Å². The predicted octanol–water partition coefficient (Wildman–Crippen LogP) is 6.45. The average molecular weight is 264 g/mol. The van der Waals surface area contributed by atoms with Crippen LogP contribution in [0.15, 0.2) is 0 Å². The van der Waals surface area contributed by atoms with E-state index in [0.717, 1.165) is 24.2 Å². The first kappa shape index (κ1) is 18.6. The molecule has 0 aromatic carbocycles. The van der Waals surface area contributed by atoms with Crippen LogP contribution in [0.3, 0.4) is 0 Å². The highest BCUT2D eigenvalue weighted by molar-refractivity contribution is 4.84. The van der Waals surface area contributed by atoms with E-state index in [1.807, 2.05) is 0 Å². The van der Waals surface area contributed by atoms with E-state index in [-0.39, 0.29) is 0 Å². The van der Waals surface area contributed by atoms with Crippen LogP contribution in [-0.4, -0.2) is 0 Å². The summed E-state index contributed by atoms with van der Waals surface area (Å²) in [5.41, 5.74) is 0. The lowest BCUT2D eigenvalue weighted by Crippen LogP contribution is -2.12. The minimum atomic E-state index is 0.809. The molecule has 0 radical (unpaired) electrons. The summed E-state index contributed by atoms with van der Waals surface area (Å²) >= 11 is 0. The summed E-state index contributed by atoms with van der Waals surface area (Å²) in [6.45, 7) is 9.37. The summed E-state index contributed by atoms with van der Waals surface area (Å²) in [6, 6.07) is 0. The van der Waals surface area contributed by atoms with Crippen LogP contribution in [0.2, 0.25) is 0 Å². The molecule has 0 aromatic heterocycles. The maximum atomic E-state index is 5.39. The molecule has 0 bridgehead atoms. The van der Waals surface area contributed by atoms with Crippen molar-refractivity contribution < 1.29 is 0 Å². The van der Waals surface area contributed by atoms with Gasteiger partial charge in [0.15, 0.2) is 0 Å². The summed E-state index contributed by atoms with van der Waals surface area (Å²) in [7, 11) is 0. The van der Waals surface area contributed by atoms with E-state index in [1.54, 1.807) is 0 Å². The Labute approximate surface area is 122 Å². The minimum absolute atomic E-state index is 0.809. The number of terminal acetylenes is 1. The van der Waals surface area contributed by atoms with Crippen molar-refractivity contribution in [1.82, 2.24) is 0 Å². The van der Waals surface area contributed by atoms with Gasteiger partial charge in [0.1, 0.15) is 0 Å². The highest BCUT2D eigenvalue weighted by Gasteiger charge is 2.15. The molecule has 0 aliphatic heterocycles. The van der Waals surface area contributed by atoms with Gasteiger partial charge in [0.2, 0.25) is 0 Å². The molecular formula is C19H36. The highest BCUT2D eigenvalue weighted by atomic mass is 14.2. The molecule has 0 saturated carbocycles. The molecule has 2 atom stereocenters. The Hall–Kier alpha value is -0.440. The molecule has 0 nitrogen and oxygen atoms in total. The first-order valence-corrected chi connectivity index (χ1v) is 8.62. The predicted molar refractivity (Wildman–Crippen MR) is 88.2 cm³/mol. The summed E-state index contributed by atoms with van der Waals surface area (Å²) in [4.78, 5) is 0. The highest BCUT2D eigenvalue weighted by Crippen LogP contribution is 2.28. The second-order valence-corrected chi connectivity index (χ2v) is 6.24. The molecule has 0 spiro atoms. The Morgan fingerprint density at radius 2 is 1.53 bits per heavy atom. The van der Waals surface area contributed by atoms with Gasteiger partial charge in [-0.3, -0.25) is 0 Å². The van der Waals surface area contributed by atoms with Gasteiger partial charge in [-0.05, 0) is 24.2 Å². The van der Waals surface area contributed by atoms with Crippen LogP contribution in [0, 0.1) is 30.1 Å². The Balaban J connectivity index is 3.90. The molecule has 0 heteroatoms. The Bertz CT molecular complexity index is 219. The Morgan fingerprint density at radius 1 is 0.895 bits per heavy atom. The van der Waals surface area contributed by atoms with Crippen molar-refractivity contribution in [2.45, 2.75) is 91.9 Å². The largest absolute Gasteiger partial charge is 0.120 e. The van der Waals surface area contributed by atoms with E-state index in [0.29, 0.717) is 0 Å². The third-order valence-electron chi connectivity index (χ3n) is 4.80. The van der Waals surface area contributed by atoms with Gasteiger partial charge in [0.25, 0.3) is 0 Å². The average Bonchev–Trinajstić information content (AvgIpc) is 2.43. The zero-order chi connectivity index (χ0) is 14.5. The third kappa shape index (κ3) is 9.15. The molecular weight excluding hydrogens is 228 g/mol. The molecule has 0 N–H and O–H groups in total. The van der Waals surface area contributed by atoms with Crippen LogP contribution in [-0.2, 0) is 0 Å². The fourth-order valence-corrected chi connectivity index (χ4v) is 3.17. The lowest BCUT2D eigenvalue weighted by molar-refractivity contribution is 0.286. The topological polar surface area (TPSA) is 0 Å². The molecule has 0 saturated heterocycles. The smallest absolute Gasteiger partial charge is 0.00886 e. The van der Waals surface area contributed by atoms with E-state index in [2.05, 4.69) is 33.6 Å². The summed E-state index contributed by atoms with van der Waals surface area (Å²) in [6.07, 6.45) is 18.7. The van der Waals surface area contributed by atoms with Gasteiger partial charge in [-0.25, -0.2) is 0 Å². The van der Waals surface area contributed by atoms with Gasteiger partial charge in [-0.2, -0.15) is 0 Å². The Kier molecular flexibility index (Phi) is 12.3. The number of hydrogen-bond acceptors (Lipinski definition) is 0. The van der Waals surface area contributed by atoms with Crippen molar-refractivity contribution in [2.75, 3.05) is 0 Å². The second kappa shape index (κ2) is 12.6. The molecule has 112 valence electrons. The van der Waals surface area contributed by atoms with Crippen molar-refractivity contribution in [3.8, 4) is 12.3 Å². The van der Waals surface area contributed by atoms with Crippen LogP contribution in [0.5, 0.6) is 0 Å². The lowest BCUT2D eigenvalue weighted by Gasteiger charge is -2.23. The molecule has 19 heavy (non-hydrogen) atoms. The summed E-state index contributed by atoms with van der Waals surface area (Å²) in [5, 5.41) is 0. The fraction of sp³-hybridized carbons (Fsp3) is 0.895. The minimum Gasteiger partial charge on any atom is -0.120 e. The van der Waals surface area contributed by atoms with Gasteiger partial charge in [-0.15, -0.1) is 12.3 Å². The molecule has 0 amide bonds. The molecule has 0 aromatic rings. The van der Waals surface area contributed by atoms with Gasteiger partial charge < -0.3 is 0 Å². The zero-order valence-electron chi connectivity index (χ0n) is 13.9. The van der Waals surface area contributed by atoms with Crippen LogP contribution >= 0.6 is 0 Å². The molecule has 0 rings (SSSR count). The van der Waals surface area contributed by atoms with E-state index >= 15 is 0 Å². The van der Waals surface area contributed by atoms with Crippen LogP contribution in [0.25, 0.3) is 0 Å². The maximum Gasteiger partial charge on any atom is 0.00886 e. The van der Waals surface area contributed by atoms with Gasteiger partial charge in [0.05, 0.1) is 0 Å². The van der Waals surface area contributed by atoms with E-state index in [4.69, 9.17) is 6.42 Å². The Morgan fingerprint density at radius 3 is 2.05 bits per heavy atom. The normalized spacial score (nSPS) is 14.3. The molecule has 0 fully saturated rings. The van der Waals surface area contributed by atoms with E-state index < -0.39 is 0 Å². The van der Waals surface area contributed by atoms with Crippen molar-refractivity contribution in [2.24, 2.45) is 17.8 Å². The molecule has 0 heterocycles. The van der Waals surface area contributed by atoms with Crippen molar-refractivity contribution in [1.29, 1.82) is 0 Å². The van der Waals surface area contributed by atoms with Crippen molar-refractivity contribution >= 4 is 0 Å². The van der Waals surface area contributed by atoms with Crippen molar-refractivity contribution in [3.63, 3.8) is 0 Å². The van der Waals surface area contributed by atoms with Gasteiger partial charge >= 0.3 is 0 Å². The van der Waals surface area contributed by atoms with Crippen LogP contribution in [0.1, 0.15) is 91.9 Å². The number of unbranched alkanes of at least 4 members (excludes halogenated alkanes) is 1. The first-order valence-electron chi connectivity index (χ1n) is 8.62. The SMILES string of the molecule is C#CCCC(C)C(CCC)CCCCC(CC)CC. The van der Waals surface area contributed by atoms with Gasteiger partial charge in [-0.1, -0.05) is 79.1 Å². The second-order valence-electron chi connectivity index (χ2n) is 6.24. The van der Waals surface area contributed by atoms with Crippen molar-refractivity contribution in [3.05, 3.63) is 0 Å². The van der Waals surface area contributed by atoms with Crippen LogP contribution in [0.4, 0.5) is 0 Å². The van der Waals surface area contributed by atoms with Crippen LogP contribution < -0.4 is 0 Å². The third-order valence-corrected chi connectivity index (χ3v) is 4.80. The van der Waals surface area contributed by atoms with E-state index in [9.17, 15) is 0 Å². The number of hydrogen-bond donors (Lipinski definition) is 0. The number of rotatable bonds is 12. The standard InChI is InChI=1S/C19H36/c1-6-10-14-17(5)19(13-7-2)16-12-11-15-18(8-3)9-4/h1,17-19H,7-16H2,2-5H3. The first-order chi connectivity index (χ1) is 9.19. The lowest BCUT2D eigenvalue weighted by atomic mass is 9.82. The molecule has 0 aliphatic rings. The zero-order valence-corrected chi connectivity index (χ0v) is 13.9. The quantitative estimate of drug-likeness (QED) is 0.281.